The summed E-state index contributed by atoms with van der Waals surface area (Å²) in [6, 6.07) is 18.3. The molecule has 1 aliphatic rings. The number of quaternary nitrogens is 1. The van der Waals surface area contributed by atoms with E-state index in [9.17, 15) is 9.59 Å². The fourth-order valence-corrected chi connectivity index (χ4v) is 3.36. The van der Waals surface area contributed by atoms with Crippen molar-refractivity contribution in [1.29, 1.82) is 0 Å². The smallest absolute Gasteiger partial charge is 0.251 e. The SMILES string of the molecule is C[N+](C)(C)CCN=CC1C(=O)N(c2ccccc2)C(=S)N(c2ccccc2)C1=O. The van der Waals surface area contributed by atoms with Crippen molar-refractivity contribution in [2.75, 3.05) is 44.0 Å². The monoisotopic (exact) mass is 409 g/mol. The van der Waals surface area contributed by atoms with E-state index in [0.29, 0.717) is 17.9 Å². The van der Waals surface area contributed by atoms with Crippen LogP contribution in [0.2, 0.25) is 0 Å². The van der Waals surface area contributed by atoms with E-state index in [1.54, 1.807) is 24.3 Å². The number of likely N-dealkylation sites (N-methyl/N-ethyl adjacent to an activating group) is 1. The second-order valence-corrected chi connectivity index (χ2v) is 8.21. The average Bonchev–Trinajstić information content (AvgIpc) is 2.68. The first-order chi connectivity index (χ1) is 13.8. The molecule has 3 rings (SSSR count). The number of thiocarbonyl (C=S) groups is 1. The van der Waals surface area contributed by atoms with Crippen molar-refractivity contribution in [2.24, 2.45) is 10.9 Å². The molecule has 0 bridgehead atoms. The van der Waals surface area contributed by atoms with Gasteiger partial charge in [-0.05, 0) is 36.5 Å². The average molecular weight is 410 g/mol. The van der Waals surface area contributed by atoms with Crippen LogP contribution in [0.15, 0.2) is 65.7 Å². The number of carbonyl (C=O) groups excluding carboxylic acids is 2. The van der Waals surface area contributed by atoms with Gasteiger partial charge in [0.25, 0.3) is 11.8 Å². The van der Waals surface area contributed by atoms with Crippen LogP contribution >= 0.6 is 12.2 Å². The number of benzene rings is 2. The molecule has 0 radical (unpaired) electrons. The van der Waals surface area contributed by atoms with Crippen LogP contribution < -0.4 is 9.80 Å². The number of hydrogen-bond donors (Lipinski definition) is 0. The second kappa shape index (κ2) is 8.63. The Morgan fingerprint density at radius 3 is 1.76 bits per heavy atom. The maximum Gasteiger partial charge on any atom is 0.251 e. The van der Waals surface area contributed by atoms with E-state index in [1.165, 1.54) is 16.0 Å². The van der Waals surface area contributed by atoms with E-state index >= 15 is 0 Å². The Hall–Kier alpha value is -2.90. The highest BCUT2D eigenvalue weighted by Gasteiger charge is 2.44. The summed E-state index contributed by atoms with van der Waals surface area (Å²) < 4.78 is 0.750. The Bertz CT molecular complexity index is 861. The molecule has 150 valence electrons. The molecule has 0 N–H and O–H groups in total. The van der Waals surface area contributed by atoms with Crippen LogP contribution in [-0.4, -0.2) is 61.9 Å². The molecule has 2 aromatic rings. The predicted molar refractivity (Wildman–Crippen MR) is 120 cm³/mol. The number of anilines is 2. The highest BCUT2D eigenvalue weighted by atomic mass is 32.1. The van der Waals surface area contributed by atoms with Crippen LogP contribution in [0.5, 0.6) is 0 Å². The third-order valence-corrected chi connectivity index (χ3v) is 4.90. The lowest BCUT2D eigenvalue weighted by Crippen LogP contribution is -2.60. The predicted octanol–water partition coefficient (Wildman–Crippen LogP) is 2.74. The van der Waals surface area contributed by atoms with Crippen LogP contribution in [0, 0.1) is 5.92 Å². The van der Waals surface area contributed by atoms with Gasteiger partial charge in [0.1, 0.15) is 0 Å². The van der Waals surface area contributed by atoms with Gasteiger partial charge in [-0.2, -0.15) is 0 Å². The zero-order chi connectivity index (χ0) is 21.0. The van der Waals surface area contributed by atoms with Crippen molar-refractivity contribution < 1.29 is 14.1 Å². The second-order valence-electron chi connectivity index (χ2n) is 7.85. The molecule has 0 atom stereocenters. The Kier molecular flexibility index (Phi) is 6.20. The molecule has 0 saturated carbocycles. The van der Waals surface area contributed by atoms with Crippen molar-refractivity contribution in [3.05, 3.63) is 60.7 Å². The molecule has 2 amide bonds. The Labute approximate surface area is 176 Å². The molecular formula is C22H25N4O2S+. The van der Waals surface area contributed by atoms with E-state index in [4.69, 9.17) is 12.2 Å². The molecule has 2 aromatic carbocycles. The van der Waals surface area contributed by atoms with Gasteiger partial charge in [0.05, 0.1) is 45.6 Å². The van der Waals surface area contributed by atoms with E-state index in [0.717, 1.165) is 11.0 Å². The summed E-state index contributed by atoms with van der Waals surface area (Å²) in [5.74, 6) is -1.78. The third kappa shape index (κ3) is 4.75. The Balaban J connectivity index is 1.96. The van der Waals surface area contributed by atoms with Gasteiger partial charge in [0.15, 0.2) is 11.0 Å². The van der Waals surface area contributed by atoms with Crippen LogP contribution in [0.4, 0.5) is 11.4 Å². The maximum absolute atomic E-state index is 13.2. The summed E-state index contributed by atoms with van der Waals surface area (Å²) >= 11 is 5.57. The van der Waals surface area contributed by atoms with Gasteiger partial charge >= 0.3 is 0 Å². The minimum absolute atomic E-state index is 0.147. The van der Waals surface area contributed by atoms with Gasteiger partial charge < -0.3 is 4.48 Å². The van der Waals surface area contributed by atoms with Crippen molar-refractivity contribution in [3.63, 3.8) is 0 Å². The molecular weight excluding hydrogens is 384 g/mol. The fraction of sp³-hybridized carbons (Fsp3) is 0.273. The number of carbonyl (C=O) groups is 2. The molecule has 0 spiro atoms. The third-order valence-electron chi connectivity index (χ3n) is 4.54. The van der Waals surface area contributed by atoms with Crippen molar-refractivity contribution >= 4 is 46.7 Å². The number of hydrogen-bond acceptors (Lipinski definition) is 4. The van der Waals surface area contributed by atoms with Crippen molar-refractivity contribution in [1.82, 2.24) is 0 Å². The quantitative estimate of drug-likeness (QED) is 0.319. The maximum atomic E-state index is 13.2. The van der Waals surface area contributed by atoms with Crippen LogP contribution in [-0.2, 0) is 9.59 Å². The van der Waals surface area contributed by atoms with Crippen molar-refractivity contribution in [2.45, 2.75) is 0 Å². The number of aliphatic imine (C=N–C) groups is 1. The minimum Gasteiger partial charge on any atom is -0.329 e. The molecule has 6 nitrogen and oxygen atoms in total. The molecule has 7 heteroatoms. The molecule has 29 heavy (non-hydrogen) atoms. The van der Waals surface area contributed by atoms with Crippen LogP contribution in [0.3, 0.4) is 0 Å². The molecule has 0 unspecified atom stereocenters. The van der Waals surface area contributed by atoms with Gasteiger partial charge in [-0.25, -0.2) is 0 Å². The van der Waals surface area contributed by atoms with Gasteiger partial charge in [-0.3, -0.25) is 24.4 Å². The van der Waals surface area contributed by atoms with Gasteiger partial charge in [0.2, 0.25) is 0 Å². The summed E-state index contributed by atoms with van der Waals surface area (Å²) in [6.07, 6.45) is 1.47. The van der Waals surface area contributed by atoms with Gasteiger partial charge in [0, 0.05) is 6.21 Å². The first-order valence-corrected chi connectivity index (χ1v) is 9.83. The number of nitrogens with zero attached hydrogens (tertiary/aromatic N) is 4. The largest absolute Gasteiger partial charge is 0.329 e. The van der Waals surface area contributed by atoms with E-state index in [1.807, 2.05) is 36.4 Å². The van der Waals surface area contributed by atoms with Crippen LogP contribution in [0.1, 0.15) is 0 Å². The zero-order valence-corrected chi connectivity index (χ0v) is 17.7. The normalized spacial score (nSPS) is 16.2. The molecule has 0 aliphatic carbocycles. The molecule has 1 heterocycles. The molecule has 0 aromatic heterocycles. The van der Waals surface area contributed by atoms with Crippen LogP contribution in [0.25, 0.3) is 0 Å². The number of para-hydroxylation sites is 2. The Morgan fingerprint density at radius 2 is 1.34 bits per heavy atom. The number of amides is 2. The highest BCUT2D eigenvalue weighted by Crippen LogP contribution is 2.28. The Morgan fingerprint density at radius 1 is 0.897 bits per heavy atom. The molecule has 1 saturated heterocycles. The lowest BCUT2D eigenvalue weighted by Gasteiger charge is -2.38. The van der Waals surface area contributed by atoms with E-state index in [-0.39, 0.29) is 16.9 Å². The first-order valence-electron chi connectivity index (χ1n) is 9.42. The van der Waals surface area contributed by atoms with E-state index < -0.39 is 5.92 Å². The lowest BCUT2D eigenvalue weighted by atomic mass is 10.0. The summed E-state index contributed by atoms with van der Waals surface area (Å²) in [4.78, 5) is 33.6. The van der Waals surface area contributed by atoms with Crippen molar-refractivity contribution in [3.8, 4) is 0 Å². The summed E-state index contributed by atoms with van der Waals surface area (Å²) in [5, 5.41) is 0.147. The lowest BCUT2D eigenvalue weighted by molar-refractivity contribution is -0.868. The topological polar surface area (TPSA) is 53.0 Å². The summed E-state index contributed by atoms with van der Waals surface area (Å²) in [7, 11) is 6.21. The summed E-state index contributed by atoms with van der Waals surface area (Å²) in [5.41, 5.74) is 1.25. The molecule has 1 aliphatic heterocycles. The zero-order valence-electron chi connectivity index (χ0n) is 16.9. The first kappa shape index (κ1) is 20.8. The number of rotatable bonds is 6. The van der Waals surface area contributed by atoms with E-state index in [2.05, 4.69) is 26.1 Å². The minimum atomic E-state index is -1.02. The standard InChI is InChI=1S/C22H25N4O2S/c1-26(2,3)15-14-23-16-19-20(27)24(17-10-6-4-7-11-17)22(29)25(21(19)28)18-12-8-5-9-13-18/h4-13,16,19H,14-15H2,1-3H3/q+1. The van der Waals surface area contributed by atoms with Gasteiger partial charge in [-0.15, -0.1) is 0 Å². The summed E-state index contributed by atoms with van der Waals surface area (Å²) in [6.45, 7) is 1.33. The van der Waals surface area contributed by atoms with Gasteiger partial charge in [-0.1, -0.05) is 36.4 Å². The fourth-order valence-electron chi connectivity index (χ4n) is 2.97. The molecule has 1 fully saturated rings. The highest BCUT2D eigenvalue weighted by molar-refractivity contribution is 7.81.